The average Bonchev–Trinajstić information content (AvgIpc) is 2.44. The molecule has 0 aliphatic heterocycles. The van der Waals surface area contributed by atoms with Gasteiger partial charge in [0.25, 0.3) is 0 Å². The first-order valence-electron chi connectivity index (χ1n) is 5.22. The molecule has 0 unspecified atom stereocenters. The molecule has 19 heavy (non-hydrogen) atoms. The molecular formula is C14H6BrFN2O. The molecule has 2 rings (SSSR count). The first kappa shape index (κ1) is 13.1. The summed E-state index contributed by atoms with van der Waals surface area (Å²) in [6, 6.07) is 13.0. The van der Waals surface area contributed by atoms with Crippen molar-refractivity contribution in [3.63, 3.8) is 0 Å². The van der Waals surface area contributed by atoms with Gasteiger partial charge >= 0.3 is 0 Å². The Morgan fingerprint density at radius 2 is 1.89 bits per heavy atom. The number of hydrogen-bond donors (Lipinski definition) is 0. The predicted molar refractivity (Wildman–Crippen MR) is 70.0 cm³/mol. The Kier molecular flexibility index (Phi) is 3.79. The minimum atomic E-state index is -0.651. The van der Waals surface area contributed by atoms with Crippen molar-refractivity contribution in [2.75, 3.05) is 0 Å². The molecule has 2 aromatic carbocycles. The molecule has 0 aromatic heterocycles. The average molecular weight is 317 g/mol. The Morgan fingerprint density at radius 3 is 2.58 bits per heavy atom. The van der Waals surface area contributed by atoms with Crippen LogP contribution in [0.4, 0.5) is 4.39 Å². The van der Waals surface area contributed by atoms with Crippen LogP contribution in [0.25, 0.3) is 0 Å². The number of halogens is 2. The highest BCUT2D eigenvalue weighted by molar-refractivity contribution is 9.10. The molecular weight excluding hydrogens is 311 g/mol. The van der Waals surface area contributed by atoms with Gasteiger partial charge in [-0.05, 0) is 46.3 Å². The van der Waals surface area contributed by atoms with Crippen LogP contribution >= 0.6 is 15.9 Å². The van der Waals surface area contributed by atoms with E-state index in [1.165, 1.54) is 18.2 Å². The summed E-state index contributed by atoms with van der Waals surface area (Å²) in [5.74, 6) is -0.308. The van der Waals surface area contributed by atoms with Gasteiger partial charge in [-0.3, -0.25) is 0 Å². The zero-order valence-electron chi connectivity index (χ0n) is 9.52. The molecule has 3 nitrogen and oxygen atoms in total. The lowest BCUT2D eigenvalue weighted by Crippen LogP contribution is -1.92. The van der Waals surface area contributed by atoms with E-state index < -0.39 is 5.82 Å². The lowest BCUT2D eigenvalue weighted by Gasteiger charge is -2.08. The van der Waals surface area contributed by atoms with E-state index in [9.17, 15) is 4.39 Å². The summed E-state index contributed by atoms with van der Waals surface area (Å²) in [7, 11) is 0. The zero-order chi connectivity index (χ0) is 13.8. The fourth-order valence-electron chi connectivity index (χ4n) is 1.45. The normalized spacial score (nSPS) is 9.47. The van der Waals surface area contributed by atoms with Gasteiger partial charge in [0.05, 0.1) is 21.7 Å². The molecule has 5 heteroatoms. The minimum Gasteiger partial charge on any atom is -0.454 e. The summed E-state index contributed by atoms with van der Waals surface area (Å²) in [6.45, 7) is 0. The van der Waals surface area contributed by atoms with Crippen molar-refractivity contribution >= 4 is 15.9 Å². The standard InChI is InChI=1S/C14H6BrFN2O/c15-13-10(8-18)4-5-12(14(13)16)19-11-3-1-2-9(6-11)7-17/h1-6H. The van der Waals surface area contributed by atoms with E-state index in [0.29, 0.717) is 11.3 Å². The second-order valence-electron chi connectivity index (χ2n) is 3.59. The summed E-state index contributed by atoms with van der Waals surface area (Å²) in [5, 5.41) is 17.5. The molecule has 0 amide bonds. The largest absolute Gasteiger partial charge is 0.454 e. The van der Waals surface area contributed by atoms with Crippen molar-refractivity contribution in [1.29, 1.82) is 10.5 Å². The summed E-state index contributed by atoms with van der Waals surface area (Å²) >= 11 is 3.00. The van der Waals surface area contributed by atoms with E-state index in [4.69, 9.17) is 15.3 Å². The Bertz CT molecular complexity index is 716. The van der Waals surface area contributed by atoms with E-state index in [-0.39, 0.29) is 15.8 Å². The van der Waals surface area contributed by atoms with E-state index in [1.807, 2.05) is 12.1 Å². The maximum atomic E-state index is 13.9. The van der Waals surface area contributed by atoms with Crippen LogP contribution in [-0.4, -0.2) is 0 Å². The van der Waals surface area contributed by atoms with Crippen molar-refractivity contribution in [2.45, 2.75) is 0 Å². The fraction of sp³-hybridized carbons (Fsp3) is 0. The fourth-order valence-corrected chi connectivity index (χ4v) is 1.87. The monoisotopic (exact) mass is 316 g/mol. The van der Waals surface area contributed by atoms with Crippen molar-refractivity contribution < 1.29 is 9.13 Å². The van der Waals surface area contributed by atoms with Crippen LogP contribution in [0.5, 0.6) is 11.5 Å². The number of nitrogens with zero attached hydrogens (tertiary/aromatic N) is 2. The molecule has 2 aromatic rings. The second kappa shape index (κ2) is 5.51. The number of ether oxygens (including phenoxy) is 1. The summed E-state index contributed by atoms with van der Waals surface area (Å²) < 4.78 is 19.4. The zero-order valence-corrected chi connectivity index (χ0v) is 11.1. The smallest absolute Gasteiger partial charge is 0.181 e. The molecule has 0 N–H and O–H groups in total. The van der Waals surface area contributed by atoms with Gasteiger partial charge in [-0.2, -0.15) is 10.5 Å². The van der Waals surface area contributed by atoms with E-state index in [0.717, 1.165) is 0 Å². The third-order valence-electron chi connectivity index (χ3n) is 2.36. The van der Waals surface area contributed by atoms with Crippen LogP contribution < -0.4 is 4.74 Å². The van der Waals surface area contributed by atoms with Crippen LogP contribution in [0.3, 0.4) is 0 Å². The topological polar surface area (TPSA) is 56.8 Å². The highest BCUT2D eigenvalue weighted by Crippen LogP contribution is 2.31. The third-order valence-corrected chi connectivity index (χ3v) is 3.13. The van der Waals surface area contributed by atoms with E-state index in [1.54, 1.807) is 18.2 Å². The first-order valence-corrected chi connectivity index (χ1v) is 6.01. The third kappa shape index (κ3) is 2.73. The van der Waals surface area contributed by atoms with Gasteiger partial charge in [0.1, 0.15) is 11.8 Å². The maximum absolute atomic E-state index is 13.9. The van der Waals surface area contributed by atoms with Crippen molar-refractivity contribution in [2.24, 2.45) is 0 Å². The van der Waals surface area contributed by atoms with Gasteiger partial charge in [-0.15, -0.1) is 0 Å². The molecule has 92 valence electrons. The van der Waals surface area contributed by atoms with Gasteiger partial charge in [0.15, 0.2) is 11.6 Å². The summed E-state index contributed by atoms with van der Waals surface area (Å²) in [6.07, 6.45) is 0. The molecule has 0 radical (unpaired) electrons. The van der Waals surface area contributed by atoms with Crippen molar-refractivity contribution in [1.82, 2.24) is 0 Å². The molecule has 0 spiro atoms. The minimum absolute atomic E-state index is 0.0130. The Morgan fingerprint density at radius 1 is 1.11 bits per heavy atom. The van der Waals surface area contributed by atoms with Crippen molar-refractivity contribution in [3.05, 3.63) is 57.8 Å². The highest BCUT2D eigenvalue weighted by Gasteiger charge is 2.13. The van der Waals surface area contributed by atoms with Gasteiger partial charge in [-0.25, -0.2) is 4.39 Å². The number of hydrogen-bond acceptors (Lipinski definition) is 3. The molecule has 0 atom stereocenters. The Labute approximate surface area is 117 Å². The lowest BCUT2D eigenvalue weighted by molar-refractivity contribution is 0.440. The van der Waals surface area contributed by atoms with Gasteiger partial charge in [-0.1, -0.05) is 6.07 Å². The second-order valence-corrected chi connectivity index (χ2v) is 4.39. The number of benzene rings is 2. The highest BCUT2D eigenvalue weighted by atomic mass is 79.9. The quantitative estimate of drug-likeness (QED) is 0.837. The van der Waals surface area contributed by atoms with Gasteiger partial charge in [0.2, 0.25) is 0 Å². The Balaban J connectivity index is 2.37. The molecule has 0 bridgehead atoms. The molecule has 0 aliphatic carbocycles. The summed E-state index contributed by atoms with van der Waals surface area (Å²) in [4.78, 5) is 0. The molecule has 0 saturated heterocycles. The van der Waals surface area contributed by atoms with Crippen LogP contribution in [0.1, 0.15) is 11.1 Å². The van der Waals surface area contributed by atoms with E-state index in [2.05, 4.69) is 15.9 Å². The van der Waals surface area contributed by atoms with E-state index >= 15 is 0 Å². The van der Waals surface area contributed by atoms with Crippen LogP contribution in [0.15, 0.2) is 40.9 Å². The van der Waals surface area contributed by atoms with Crippen LogP contribution in [0.2, 0.25) is 0 Å². The van der Waals surface area contributed by atoms with Crippen LogP contribution in [0, 0.1) is 28.5 Å². The summed E-state index contributed by atoms with van der Waals surface area (Å²) in [5.41, 5.74) is 0.612. The molecule has 0 aliphatic rings. The van der Waals surface area contributed by atoms with Gasteiger partial charge in [0, 0.05) is 0 Å². The first-order chi connectivity index (χ1) is 9.15. The number of rotatable bonds is 2. The molecule has 0 fully saturated rings. The maximum Gasteiger partial charge on any atom is 0.181 e. The SMILES string of the molecule is N#Cc1cccc(Oc2ccc(C#N)c(Br)c2F)c1. The molecule has 0 heterocycles. The Hall–Kier alpha value is -2.37. The van der Waals surface area contributed by atoms with Crippen molar-refractivity contribution in [3.8, 4) is 23.6 Å². The van der Waals surface area contributed by atoms with Crippen LogP contribution in [-0.2, 0) is 0 Å². The number of nitriles is 2. The lowest BCUT2D eigenvalue weighted by atomic mass is 10.2. The predicted octanol–water partition coefficient (Wildman–Crippen LogP) is 4.12. The molecule has 0 saturated carbocycles. The van der Waals surface area contributed by atoms with Gasteiger partial charge < -0.3 is 4.74 Å².